The molecule has 1 aliphatic heterocycles. The molecule has 0 saturated carbocycles. The van der Waals surface area contributed by atoms with Crippen molar-refractivity contribution in [3.05, 3.63) is 47.8 Å². The van der Waals surface area contributed by atoms with Gasteiger partial charge >= 0.3 is 6.09 Å². The summed E-state index contributed by atoms with van der Waals surface area (Å²) in [6.07, 6.45) is 3.44. The quantitative estimate of drug-likeness (QED) is 0.821. The van der Waals surface area contributed by atoms with E-state index in [1.54, 1.807) is 32.9 Å². The van der Waals surface area contributed by atoms with Gasteiger partial charge < -0.3 is 14.9 Å². The first kappa shape index (κ1) is 19.4. The molecular weight excluding hydrogens is 325 g/mol. The Kier molecular flexibility index (Phi) is 5.85. The number of halogens is 1. The Morgan fingerprint density at radius 2 is 2.04 bits per heavy atom. The van der Waals surface area contributed by atoms with E-state index in [-0.39, 0.29) is 6.61 Å². The first-order valence-corrected chi connectivity index (χ1v) is 8.42. The predicted octanol–water partition coefficient (Wildman–Crippen LogP) is 3.18. The summed E-state index contributed by atoms with van der Waals surface area (Å²) < 4.78 is 18.8. The van der Waals surface area contributed by atoms with E-state index in [1.165, 1.54) is 29.2 Å². The van der Waals surface area contributed by atoms with Gasteiger partial charge in [-0.3, -0.25) is 4.90 Å². The Morgan fingerprint density at radius 1 is 1.40 bits per heavy atom. The van der Waals surface area contributed by atoms with Crippen molar-refractivity contribution in [3.63, 3.8) is 0 Å². The van der Waals surface area contributed by atoms with Crippen LogP contribution in [0, 0.1) is 5.82 Å². The van der Waals surface area contributed by atoms with Gasteiger partial charge in [-0.15, -0.1) is 0 Å². The second-order valence-corrected chi connectivity index (χ2v) is 7.31. The fourth-order valence-electron chi connectivity index (χ4n) is 3.13. The predicted molar refractivity (Wildman–Crippen MR) is 92.5 cm³/mol. The van der Waals surface area contributed by atoms with Crippen LogP contribution < -0.4 is 0 Å². The molecule has 0 aliphatic carbocycles. The molecule has 2 atom stereocenters. The van der Waals surface area contributed by atoms with Gasteiger partial charge in [0.1, 0.15) is 17.0 Å². The number of aliphatic hydroxyl groups excluding tert-OH is 1. The molecule has 0 bridgehead atoms. The summed E-state index contributed by atoms with van der Waals surface area (Å²) in [6.45, 7) is 5.54. The van der Waals surface area contributed by atoms with Crippen LogP contribution >= 0.6 is 0 Å². The van der Waals surface area contributed by atoms with Gasteiger partial charge in [-0.25, -0.2) is 9.18 Å². The van der Waals surface area contributed by atoms with Crippen molar-refractivity contribution in [3.8, 4) is 0 Å². The minimum absolute atomic E-state index is 0.217. The topological polar surface area (TPSA) is 70.0 Å². The largest absolute Gasteiger partial charge is 0.444 e. The van der Waals surface area contributed by atoms with Gasteiger partial charge in [-0.05, 0) is 51.3 Å². The minimum atomic E-state index is -1.37. The molecule has 25 heavy (non-hydrogen) atoms. The van der Waals surface area contributed by atoms with E-state index in [0.717, 1.165) is 0 Å². The van der Waals surface area contributed by atoms with Crippen LogP contribution in [0.4, 0.5) is 9.18 Å². The molecule has 1 amide bonds. The van der Waals surface area contributed by atoms with Gasteiger partial charge in [-0.2, -0.15) is 0 Å². The van der Waals surface area contributed by atoms with Crippen LogP contribution in [0.5, 0.6) is 0 Å². The highest BCUT2D eigenvalue weighted by molar-refractivity contribution is 5.69. The molecule has 1 heterocycles. The Labute approximate surface area is 147 Å². The number of rotatable bonds is 3. The van der Waals surface area contributed by atoms with Crippen LogP contribution in [-0.2, 0) is 4.74 Å². The second-order valence-electron chi connectivity index (χ2n) is 7.31. The molecule has 1 aromatic carbocycles. The number of likely N-dealkylation sites (tertiary alicyclic amines) is 1. The Morgan fingerprint density at radius 3 is 2.60 bits per heavy atom. The number of hydrogen-bond donors (Lipinski definition) is 2. The first-order chi connectivity index (χ1) is 11.7. The highest BCUT2D eigenvalue weighted by atomic mass is 19.1. The standard InChI is InChI=1S/C19H26FNO4/c1-18(2,3)25-17(23)21-12-4-10-19(24,11-5-13-22)16(21)14-6-8-15(20)9-7-14/h5-9,11,16,22,24H,4,10,12-13H2,1-3H3/t16-,19+/m0/s1. The Bertz CT molecular complexity index is 623. The SMILES string of the molecule is CC(C)(C)OC(=O)N1CCC[C@@](O)(C=CCO)[C@@H]1c1ccc(F)cc1. The van der Waals surface area contributed by atoms with Crippen LogP contribution in [0.25, 0.3) is 0 Å². The lowest BCUT2D eigenvalue weighted by molar-refractivity contribution is -0.0586. The van der Waals surface area contributed by atoms with Gasteiger partial charge in [0, 0.05) is 6.54 Å². The van der Waals surface area contributed by atoms with Crippen molar-refractivity contribution in [2.75, 3.05) is 13.2 Å². The average molecular weight is 351 g/mol. The smallest absolute Gasteiger partial charge is 0.410 e. The third-order valence-corrected chi connectivity index (χ3v) is 4.09. The third kappa shape index (κ3) is 4.80. The molecule has 0 unspecified atom stereocenters. The zero-order chi connectivity index (χ0) is 18.7. The summed E-state index contributed by atoms with van der Waals surface area (Å²) in [5.74, 6) is -0.391. The van der Waals surface area contributed by atoms with Gasteiger partial charge in [0.25, 0.3) is 0 Å². The van der Waals surface area contributed by atoms with Gasteiger partial charge in [0.2, 0.25) is 0 Å². The van der Waals surface area contributed by atoms with Crippen LogP contribution in [0.2, 0.25) is 0 Å². The average Bonchev–Trinajstić information content (AvgIpc) is 2.52. The lowest BCUT2D eigenvalue weighted by Gasteiger charge is -2.46. The number of benzene rings is 1. The second kappa shape index (κ2) is 7.54. The zero-order valence-corrected chi connectivity index (χ0v) is 14.9. The van der Waals surface area contributed by atoms with Gasteiger partial charge in [0.05, 0.1) is 12.6 Å². The number of piperidine rings is 1. The minimum Gasteiger partial charge on any atom is -0.444 e. The van der Waals surface area contributed by atoms with Crippen molar-refractivity contribution in [1.29, 1.82) is 0 Å². The molecule has 2 N–H and O–H groups in total. The van der Waals surface area contributed by atoms with E-state index in [9.17, 15) is 14.3 Å². The number of amides is 1. The number of aliphatic hydroxyl groups is 2. The molecule has 2 rings (SSSR count). The van der Waals surface area contributed by atoms with E-state index >= 15 is 0 Å². The Hall–Kier alpha value is -1.92. The zero-order valence-electron chi connectivity index (χ0n) is 14.9. The van der Waals surface area contributed by atoms with E-state index < -0.39 is 29.2 Å². The maximum Gasteiger partial charge on any atom is 0.410 e. The molecule has 1 aliphatic rings. The molecule has 5 nitrogen and oxygen atoms in total. The van der Waals surface area contributed by atoms with E-state index in [1.807, 2.05) is 0 Å². The molecule has 1 saturated heterocycles. The summed E-state index contributed by atoms with van der Waals surface area (Å²) in [6, 6.07) is 4.99. The lowest BCUT2D eigenvalue weighted by Crippen LogP contribution is -2.53. The monoisotopic (exact) mass is 351 g/mol. The number of ether oxygens (including phenoxy) is 1. The van der Waals surface area contributed by atoms with Crippen molar-refractivity contribution >= 4 is 6.09 Å². The van der Waals surface area contributed by atoms with E-state index in [0.29, 0.717) is 24.9 Å². The number of carbonyl (C=O) groups excluding carboxylic acids is 1. The highest BCUT2D eigenvalue weighted by Crippen LogP contribution is 2.41. The number of hydrogen-bond acceptors (Lipinski definition) is 4. The van der Waals surface area contributed by atoms with Crippen molar-refractivity contribution in [1.82, 2.24) is 4.90 Å². The third-order valence-electron chi connectivity index (χ3n) is 4.09. The maximum atomic E-state index is 13.3. The number of nitrogens with zero attached hydrogens (tertiary/aromatic N) is 1. The van der Waals surface area contributed by atoms with Crippen LogP contribution in [0.1, 0.15) is 45.2 Å². The molecule has 1 aromatic rings. The van der Waals surface area contributed by atoms with Gasteiger partial charge in [0.15, 0.2) is 0 Å². The molecule has 138 valence electrons. The molecule has 6 heteroatoms. The van der Waals surface area contributed by atoms with Crippen molar-refractivity contribution in [2.45, 2.75) is 50.9 Å². The van der Waals surface area contributed by atoms with E-state index in [2.05, 4.69) is 0 Å². The molecule has 1 fully saturated rings. The lowest BCUT2D eigenvalue weighted by atomic mass is 9.80. The normalized spacial score (nSPS) is 24.6. The van der Waals surface area contributed by atoms with Crippen molar-refractivity contribution in [2.24, 2.45) is 0 Å². The summed E-state index contributed by atoms with van der Waals surface area (Å²) in [7, 11) is 0. The fraction of sp³-hybridized carbons (Fsp3) is 0.526. The molecular formula is C19H26FNO4. The molecule has 0 radical (unpaired) electrons. The number of carbonyl (C=O) groups is 1. The summed E-state index contributed by atoms with van der Waals surface area (Å²) >= 11 is 0. The molecule has 0 aromatic heterocycles. The Balaban J connectivity index is 2.43. The van der Waals surface area contributed by atoms with E-state index in [4.69, 9.17) is 9.84 Å². The van der Waals surface area contributed by atoms with Gasteiger partial charge in [-0.1, -0.05) is 24.3 Å². The van der Waals surface area contributed by atoms with Crippen LogP contribution in [-0.4, -0.2) is 45.6 Å². The highest BCUT2D eigenvalue weighted by Gasteiger charge is 2.45. The summed E-state index contributed by atoms with van der Waals surface area (Å²) in [4.78, 5) is 14.1. The molecule has 0 spiro atoms. The van der Waals surface area contributed by atoms with Crippen LogP contribution in [0.15, 0.2) is 36.4 Å². The first-order valence-electron chi connectivity index (χ1n) is 8.42. The fourth-order valence-corrected chi connectivity index (χ4v) is 3.13. The maximum absolute atomic E-state index is 13.3. The van der Waals surface area contributed by atoms with Crippen molar-refractivity contribution < 1.29 is 24.1 Å². The summed E-state index contributed by atoms with van der Waals surface area (Å²) in [5, 5.41) is 20.2. The van der Waals surface area contributed by atoms with Crippen LogP contribution in [0.3, 0.4) is 0 Å². The summed E-state index contributed by atoms with van der Waals surface area (Å²) in [5.41, 5.74) is -1.42.